The van der Waals surface area contributed by atoms with Crippen LogP contribution in [0.25, 0.3) is 0 Å². The van der Waals surface area contributed by atoms with E-state index >= 15 is 0 Å². The summed E-state index contributed by atoms with van der Waals surface area (Å²) in [6.07, 6.45) is 3.38. The van der Waals surface area contributed by atoms with Gasteiger partial charge in [-0.3, -0.25) is 9.59 Å². The molecule has 2 unspecified atom stereocenters. The van der Waals surface area contributed by atoms with E-state index in [4.69, 9.17) is 0 Å². The Kier molecular flexibility index (Phi) is 4.13. The summed E-state index contributed by atoms with van der Waals surface area (Å²) in [5, 5.41) is 19.1. The van der Waals surface area contributed by atoms with Crippen LogP contribution in [0.5, 0.6) is 0 Å². The minimum Gasteiger partial charge on any atom is -0.481 e. The molecule has 0 aromatic carbocycles. The van der Waals surface area contributed by atoms with Gasteiger partial charge in [0.1, 0.15) is 0 Å². The molecule has 2 fully saturated rings. The molecule has 1 saturated heterocycles. The first-order valence-corrected chi connectivity index (χ1v) is 7.14. The fourth-order valence-corrected chi connectivity index (χ4v) is 3.28. The Hall–Kier alpha value is -1.10. The van der Waals surface area contributed by atoms with Gasteiger partial charge in [-0.2, -0.15) is 0 Å². The minimum atomic E-state index is -0.837. The van der Waals surface area contributed by atoms with Crippen LogP contribution in [0.4, 0.5) is 0 Å². The molecule has 0 radical (unpaired) electrons. The number of piperidine rings is 1. The number of rotatable bonds is 3. The van der Waals surface area contributed by atoms with Gasteiger partial charge in [-0.15, -0.1) is 0 Å². The lowest BCUT2D eigenvalue weighted by atomic mass is 9.82. The van der Waals surface area contributed by atoms with Crippen molar-refractivity contribution in [1.29, 1.82) is 0 Å². The van der Waals surface area contributed by atoms with E-state index in [9.17, 15) is 19.8 Å². The molecule has 0 bridgehead atoms. The number of aliphatic carboxylic acids is 1. The number of nitrogens with zero attached hydrogens (tertiary/aromatic N) is 1. The Morgan fingerprint density at radius 1 is 1.32 bits per heavy atom. The van der Waals surface area contributed by atoms with Gasteiger partial charge >= 0.3 is 5.97 Å². The third kappa shape index (κ3) is 2.91. The number of aliphatic hydroxyl groups is 1. The number of amides is 1. The van der Waals surface area contributed by atoms with Crippen LogP contribution in [0.15, 0.2) is 0 Å². The van der Waals surface area contributed by atoms with Crippen LogP contribution in [0.1, 0.15) is 45.4 Å². The predicted octanol–water partition coefficient (Wildman–Crippen LogP) is 1.25. The number of carbonyl (C=O) groups excluding carboxylic acids is 1. The van der Waals surface area contributed by atoms with Crippen molar-refractivity contribution in [3.8, 4) is 0 Å². The van der Waals surface area contributed by atoms with E-state index in [-0.39, 0.29) is 24.3 Å². The molecule has 0 aromatic rings. The molecule has 19 heavy (non-hydrogen) atoms. The molecule has 5 nitrogen and oxygen atoms in total. The monoisotopic (exact) mass is 269 g/mol. The van der Waals surface area contributed by atoms with E-state index in [2.05, 4.69) is 0 Å². The first-order chi connectivity index (χ1) is 8.94. The average Bonchev–Trinajstić information content (AvgIpc) is 2.82. The van der Waals surface area contributed by atoms with Gasteiger partial charge in [0.05, 0.1) is 11.5 Å². The largest absolute Gasteiger partial charge is 0.481 e. The summed E-state index contributed by atoms with van der Waals surface area (Å²) in [4.78, 5) is 25.5. The van der Waals surface area contributed by atoms with Crippen molar-refractivity contribution in [2.75, 3.05) is 13.1 Å². The first-order valence-electron chi connectivity index (χ1n) is 7.14. The smallest absolute Gasteiger partial charge is 0.310 e. The van der Waals surface area contributed by atoms with Gasteiger partial charge < -0.3 is 15.1 Å². The Morgan fingerprint density at radius 3 is 2.47 bits per heavy atom. The highest BCUT2D eigenvalue weighted by atomic mass is 16.4. The molecule has 5 heteroatoms. The van der Waals surface area contributed by atoms with Crippen molar-refractivity contribution >= 4 is 11.9 Å². The third-order valence-corrected chi connectivity index (χ3v) is 4.72. The molecule has 108 valence electrons. The molecule has 1 amide bonds. The van der Waals surface area contributed by atoms with Gasteiger partial charge in [0, 0.05) is 19.5 Å². The number of aliphatic hydroxyl groups excluding tert-OH is 1. The second kappa shape index (κ2) is 5.49. The lowest BCUT2D eigenvalue weighted by molar-refractivity contribution is -0.154. The van der Waals surface area contributed by atoms with Crippen LogP contribution < -0.4 is 0 Å². The predicted molar refractivity (Wildman–Crippen MR) is 69.5 cm³/mol. The molecule has 1 saturated carbocycles. The van der Waals surface area contributed by atoms with E-state index in [1.54, 1.807) is 4.90 Å². The topological polar surface area (TPSA) is 77.8 Å². The van der Waals surface area contributed by atoms with Gasteiger partial charge in [0.25, 0.3) is 0 Å². The van der Waals surface area contributed by atoms with Crippen LogP contribution in [0.3, 0.4) is 0 Å². The van der Waals surface area contributed by atoms with E-state index in [0.717, 1.165) is 12.8 Å². The first kappa shape index (κ1) is 14.3. The Morgan fingerprint density at radius 2 is 1.95 bits per heavy atom. The standard InChI is InChI=1S/C14H23NO4/c1-10-9-15(7-4-11(10)16)12(17)8-14(13(18)19)5-2-3-6-14/h10-11,16H,2-9H2,1H3,(H,18,19). The normalized spacial score (nSPS) is 30.3. The van der Waals surface area contributed by atoms with Crippen LogP contribution in [0.2, 0.25) is 0 Å². The molecule has 2 atom stereocenters. The maximum absolute atomic E-state index is 12.3. The molecule has 2 rings (SSSR count). The Bertz CT molecular complexity index is 362. The zero-order valence-corrected chi connectivity index (χ0v) is 11.5. The van der Waals surface area contributed by atoms with E-state index in [1.165, 1.54) is 0 Å². The quantitative estimate of drug-likeness (QED) is 0.808. The molecule has 2 N–H and O–H groups in total. The fourth-order valence-electron chi connectivity index (χ4n) is 3.28. The molecule has 1 aliphatic carbocycles. The summed E-state index contributed by atoms with van der Waals surface area (Å²) >= 11 is 0. The molecular weight excluding hydrogens is 246 g/mol. The van der Waals surface area contributed by atoms with Gasteiger partial charge in [0.15, 0.2) is 0 Å². The van der Waals surface area contributed by atoms with E-state index < -0.39 is 11.4 Å². The Labute approximate surface area is 113 Å². The van der Waals surface area contributed by atoms with Crippen molar-refractivity contribution in [3.05, 3.63) is 0 Å². The molecule has 1 heterocycles. The molecule has 0 aromatic heterocycles. The second-order valence-electron chi connectivity index (χ2n) is 6.14. The number of likely N-dealkylation sites (tertiary alicyclic amines) is 1. The number of hydrogen-bond acceptors (Lipinski definition) is 3. The summed E-state index contributed by atoms with van der Waals surface area (Å²) in [7, 11) is 0. The summed E-state index contributed by atoms with van der Waals surface area (Å²) in [6.45, 7) is 3.00. The molecule has 2 aliphatic rings. The molecule has 1 aliphatic heterocycles. The third-order valence-electron chi connectivity index (χ3n) is 4.72. The second-order valence-corrected chi connectivity index (χ2v) is 6.14. The SMILES string of the molecule is CC1CN(C(=O)CC2(C(=O)O)CCCC2)CCC1O. The van der Waals surface area contributed by atoms with Crippen molar-refractivity contribution in [2.45, 2.75) is 51.6 Å². The van der Waals surface area contributed by atoms with Crippen LogP contribution in [-0.2, 0) is 9.59 Å². The maximum Gasteiger partial charge on any atom is 0.310 e. The highest BCUT2D eigenvalue weighted by Crippen LogP contribution is 2.42. The zero-order valence-electron chi connectivity index (χ0n) is 11.5. The van der Waals surface area contributed by atoms with Crippen LogP contribution in [0, 0.1) is 11.3 Å². The summed E-state index contributed by atoms with van der Waals surface area (Å²) in [5.41, 5.74) is -0.837. The number of carboxylic acids is 1. The summed E-state index contributed by atoms with van der Waals surface area (Å²) < 4.78 is 0. The fraction of sp³-hybridized carbons (Fsp3) is 0.857. The average molecular weight is 269 g/mol. The minimum absolute atomic E-state index is 0.0666. The lowest BCUT2D eigenvalue weighted by Crippen LogP contribution is -2.47. The summed E-state index contributed by atoms with van der Waals surface area (Å²) in [5.74, 6) is -0.825. The molecule has 0 spiro atoms. The van der Waals surface area contributed by atoms with Gasteiger partial charge in [-0.1, -0.05) is 19.8 Å². The van der Waals surface area contributed by atoms with Crippen molar-refractivity contribution < 1.29 is 19.8 Å². The number of carbonyl (C=O) groups is 2. The highest BCUT2D eigenvalue weighted by molar-refractivity contribution is 5.85. The van der Waals surface area contributed by atoms with Crippen molar-refractivity contribution in [1.82, 2.24) is 4.90 Å². The lowest BCUT2D eigenvalue weighted by Gasteiger charge is -2.36. The number of carboxylic acid groups (broad SMARTS) is 1. The van der Waals surface area contributed by atoms with Gasteiger partial charge in [0.2, 0.25) is 5.91 Å². The Balaban J connectivity index is 1.98. The zero-order chi connectivity index (χ0) is 14.0. The van der Waals surface area contributed by atoms with Gasteiger partial charge in [-0.25, -0.2) is 0 Å². The van der Waals surface area contributed by atoms with E-state index in [1.807, 2.05) is 6.92 Å². The van der Waals surface area contributed by atoms with Crippen LogP contribution >= 0.6 is 0 Å². The van der Waals surface area contributed by atoms with Crippen molar-refractivity contribution in [2.24, 2.45) is 11.3 Å². The summed E-state index contributed by atoms with van der Waals surface area (Å²) in [6, 6.07) is 0. The van der Waals surface area contributed by atoms with Gasteiger partial charge in [-0.05, 0) is 25.2 Å². The molecular formula is C14H23NO4. The van der Waals surface area contributed by atoms with Crippen molar-refractivity contribution in [3.63, 3.8) is 0 Å². The van der Waals surface area contributed by atoms with Crippen LogP contribution in [-0.4, -0.2) is 46.2 Å². The van der Waals surface area contributed by atoms with E-state index in [0.29, 0.717) is 32.4 Å². The number of hydrogen-bond donors (Lipinski definition) is 2. The maximum atomic E-state index is 12.3. The highest BCUT2D eigenvalue weighted by Gasteiger charge is 2.44.